The van der Waals surface area contributed by atoms with E-state index in [-0.39, 0.29) is 30.2 Å². The Kier molecular flexibility index (Phi) is 9.59. The maximum Gasteiger partial charge on any atom is 0.405 e. The molecule has 3 N–H and O–H groups in total. The lowest BCUT2D eigenvalue weighted by atomic mass is 10.0. The van der Waals surface area contributed by atoms with Crippen LogP contribution in [0, 0.1) is 0 Å². The summed E-state index contributed by atoms with van der Waals surface area (Å²) < 4.78 is 5.22. The van der Waals surface area contributed by atoms with Gasteiger partial charge in [0.1, 0.15) is 11.8 Å². The molecule has 1 aromatic carbocycles. The normalized spacial score (nSPS) is 11.6. The van der Waals surface area contributed by atoms with Crippen LogP contribution in [-0.4, -0.2) is 53.4 Å². The van der Waals surface area contributed by atoms with Crippen molar-refractivity contribution in [3.8, 4) is 5.88 Å². The molecule has 1 atom stereocenters. The lowest BCUT2D eigenvalue weighted by Gasteiger charge is -2.17. The third-order valence-electron chi connectivity index (χ3n) is 5.06. The highest BCUT2D eigenvalue weighted by Gasteiger charge is 2.22. The number of fused-ring (bicyclic) bond motifs is 1. The van der Waals surface area contributed by atoms with E-state index in [0.717, 1.165) is 5.39 Å². The van der Waals surface area contributed by atoms with Crippen LogP contribution in [0.2, 0.25) is 0 Å². The van der Waals surface area contributed by atoms with Gasteiger partial charge in [-0.1, -0.05) is 38.0 Å². The SMILES string of the molecule is CCC(=O)CCCCCC(NC(=O)O)C(=O)NCC(=O)c1cc2ccccc2nc1OC. The number of carbonyl (C=O) groups excluding carboxylic acids is 3. The largest absolute Gasteiger partial charge is 0.480 e. The Morgan fingerprint density at radius 2 is 1.88 bits per heavy atom. The van der Waals surface area contributed by atoms with E-state index in [9.17, 15) is 19.2 Å². The van der Waals surface area contributed by atoms with E-state index >= 15 is 0 Å². The molecule has 32 heavy (non-hydrogen) atoms. The summed E-state index contributed by atoms with van der Waals surface area (Å²) in [6, 6.07) is 7.94. The fourth-order valence-corrected chi connectivity index (χ4v) is 3.28. The second-order valence-electron chi connectivity index (χ2n) is 7.37. The Morgan fingerprint density at radius 3 is 2.56 bits per heavy atom. The van der Waals surface area contributed by atoms with Crippen molar-refractivity contribution in [2.75, 3.05) is 13.7 Å². The molecule has 9 nitrogen and oxygen atoms in total. The van der Waals surface area contributed by atoms with Crippen LogP contribution in [0.4, 0.5) is 4.79 Å². The quantitative estimate of drug-likeness (QED) is 0.320. The van der Waals surface area contributed by atoms with E-state index in [4.69, 9.17) is 9.84 Å². The minimum atomic E-state index is -1.32. The third-order valence-corrected chi connectivity index (χ3v) is 5.06. The predicted octanol–water partition coefficient (Wildman–Crippen LogP) is 3.11. The fraction of sp³-hybridized carbons (Fsp3) is 0.435. The molecule has 2 rings (SSSR count). The maximum atomic E-state index is 12.7. The van der Waals surface area contributed by atoms with Crippen molar-refractivity contribution in [2.45, 2.75) is 51.5 Å². The van der Waals surface area contributed by atoms with Crippen molar-refractivity contribution in [1.29, 1.82) is 0 Å². The Bertz CT molecular complexity index is 975. The van der Waals surface area contributed by atoms with E-state index in [0.29, 0.717) is 37.6 Å². The highest BCUT2D eigenvalue weighted by atomic mass is 16.5. The van der Waals surface area contributed by atoms with Gasteiger partial charge in [0.15, 0.2) is 5.78 Å². The summed E-state index contributed by atoms with van der Waals surface area (Å²) in [5.74, 6) is -0.649. The van der Waals surface area contributed by atoms with E-state index in [1.54, 1.807) is 12.1 Å². The lowest BCUT2D eigenvalue weighted by molar-refractivity contribution is -0.123. The number of amides is 2. The highest BCUT2D eigenvalue weighted by molar-refractivity contribution is 6.04. The first kappa shape index (κ1) is 24.8. The van der Waals surface area contributed by atoms with Gasteiger partial charge in [-0.05, 0) is 25.0 Å². The van der Waals surface area contributed by atoms with Gasteiger partial charge in [0.25, 0.3) is 0 Å². The number of Topliss-reactive ketones (excluding diaryl/α,β-unsaturated/α-hetero) is 2. The third kappa shape index (κ3) is 7.33. The van der Waals surface area contributed by atoms with Gasteiger partial charge in [-0.25, -0.2) is 9.78 Å². The first-order valence-corrected chi connectivity index (χ1v) is 10.6. The molecule has 1 aromatic heterocycles. The fourth-order valence-electron chi connectivity index (χ4n) is 3.28. The Hall–Kier alpha value is -3.49. The Balaban J connectivity index is 1.96. The predicted molar refractivity (Wildman–Crippen MR) is 119 cm³/mol. The summed E-state index contributed by atoms with van der Waals surface area (Å²) in [6.07, 6.45) is 1.90. The topological polar surface area (TPSA) is 135 Å². The number of nitrogens with one attached hydrogen (secondary N) is 2. The van der Waals surface area contributed by atoms with Crippen molar-refractivity contribution in [3.63, 3.8) is 0 Å². The number of hydrogen-bond donors (Lipinski definition) is 3. The molecule has 0 spiro atoms. The smallest absolute Gasteiger partial charge is 0.405 e. The van der Waals surface area contributed by atoms with Gasteiger partial charge in [0.2, 0.25) is 11.8 Å². The van der Waals surface area contributed by atoms with Crippen LogP contribution >= 0.6 is 0 Å². The molecule has 1 heterocycles. The molecule has 0 aliphatic carbocycles. The zero-order valence-electron chi connectivity index (χ0n) is 18.3. The van der Waals surface area contributed by atoms with E-state index in [2.05, 4.69) is 15.6 Å². The number of benzene rings is 1. The standard InChI is InChI=1S/C23H29N3O6/c1-3-16(27)10-5-4-6-12-19(26-23(30)31)21(29)24-14-20(28)17-13-15-9-7-8-11-18(15)25-22(17)32-2/h7-9,11,13,19,26H,3-6,10,12,14H2,1-2H3,(H,24,29)(H,30,31). The van der Waals surface area contributed by atoms with Crippen LogP contribution in [0.1, 0.15) is 55.8 Å². The zero-order chi connectivity index (χ0) is 23.5. The van der Waals surface area contributed by atoms with E-state index < -0.39 is 23.8 Å². The second kappa shape index (κ2) is 12.4. The molecule has 0 aliphatic heterocycles. The number of aromatic nitrogens is 1. The first-order valence-electron chi connectivity index (χ1n) is 10.6. The number of pyridine rings is 1. The molecule has 0 bridgehead atoms. The number of para-hydroxylation sites is 1. The minimum Gasteiger partial charge on any atom is -0.480 e. The number of methoxy groups -OCH3 is 1. The average Bonchev–Trinajstić information content (AvgIpc) is 2.79. The molecule has 2 amide bonds. The molecule has 0 saturated carbocycles. The molecule has 2 aromatic rings. The number of carbonyl (C=O) groups is 4. The Morgan fingerprint density at radius 1 is 1.12 bits per heavy atom. The number of rotatable bonds is 13. The van der Waals surface area contributed by atoms with Gasteiger partial charge in [-0.3, -0.25) is 14.4 Å². The molecule has 0 radical (unpaired) electrons. The second-order valence-corrected chi connectivity index (χ2v) is 7.37. The van der Waals surface area contributed by atoms with Crippen LogP contribution in [0.5, 0.6) is 5.88 Å². The summed E-state index contributed by atoms with van der Waals surface area (Å²) in [7, 11) is 1.41. The highest BCUT2D eigenvalue weighted by Crippen LogP contribution is 2.22. The van der Waals surface area contributed by atoms with Crippen molar-refractivity contribution in [2.24, 2.45) is 0 Å². The monoisotopic (exact) mass is 443 g/mol. The summed E-state index contributed by atoms with van der Waals surface area (Å²) in [6.45, 7) is 1.49. The number of ether oxygens (including phenoxy) is 1. The lowest BCUT2D eigenvalue weighted by Crippen LogP contribution is -2.47. The minimum absolute atomic E-state index is 0.157. The van der Waals surface area contributed by atoms with Crippen LogP contribution < -0.4 is 15.4 Å². The number of unbranched alkanes of at least 4 members (excludes halogenated alkanes) is 2. The van der Waals surface area contributed by atoms with Crippen molar-refractivity contribution in [1.82, 2.24) is 15.6 Å². The average molecular weight is 444 g/mol. The number of hydrogen-bond acceptors (Lipinski definition) is 6. The number of nitrogens with zero attached hydrogens (tertiary/aromatic N) is 1. The first-order chi connectivity index (χ1) is 15.3. The molecule has 172 valence electrons. The van der Waals surface area contributed by atoms with Gasteiger partial charge in [0, 0.05) is 18.2 Å². The Labute approximate surface area is 186 Å². The van der Waals surface area contributed by atoms with Crippen molar-refractivity contribution in [3.05, 3.63) is 35.9 Å². The summed E-state index contributed by atoms with van der Waals surface area (Å²) >= 11 is 0. The zero-order valence-corrected chi connectivity index (χ0v) is 18.3. The van der Waals surface area contributed by atoms with Crippen LogP contribution in [0.25, 0.3) is 10.9 Å². The molecule has 0 aliphatic rings. The van der Waals surface area contributed by atoms with Gasteiger partial charge >= 0.3 is 6.09 Å². The van der Waals surface area contributed by atoms with E-state index in [1.165, 1.54) is 7.11 Å². The van der Waals surface area contributed by atoms with Crippen LogP contribution in [0.15, 0.2) is 30.3 Å². The van der Waals surface area contributed by atoms with Gasteiger partial charge in [0.05, 0.1) is 24.7 Å². The van der Waals surface area contributed by atoms with Crippen LogP contribution in [-0.2, 0) is 9.59 Å². The summed E-state index contributed by atoms with van der Waals surface area (Å²) in [5.41, 5.74) is 0.908. The van der Waals surface area contributed by atoms with Crippen molar-refractivity contribution >= 4 is 34.5 Å². The van der Waals surface area contributed by atoms with E-state index in [1.807, 2.05) is 25.1 Å². The molecular weight excluding hydrogens is 414 g/mol. The summed E-state index contributed by atoms with van der Waals surface area (Å²) in [4.78, 5) is 52.0. The maximum absolute atomic E-state index is 12.7. The molecule has 9 heteroatoms. The van der Waals surface area contributed by atoms with Gasteiger partial charge < -0.3 is 20.5 Å². The van der Waals surface area contributed by atoms with Gasteiger partial charge in [-0.2, -0.15) is 0 Å². The van der Waals surface area contributed by atoms with Crippen molar-refractivity contribution < 1.29 is 29.0 Å². The number of carboxylic acid groups (broad SMARTS) is 1. The molecule has 0 saturated heterocycles. The number of ketones is 2. The molecular formula is C23H29N3O6. The molecule has 0 fully saturated rings. The summed E-state index contributed by atoms with van der Waals surface area (Å²) in [5, 5.41) is 14.5. The van der Waals surface area contributed by atoms with Gasteiger partial charge in [-0.15, -0.1) is 0 Å². The van der Waals surface area contributed by atoms with Crippen LogP contribution in [0.3, 0.4) is 0 Å². The molecule has 1 unspecified atom stereocenters.